The molecule has 6 heterocycles. The Bertz CT molecular complexity index is 2060. The molecule has 8 heteroatoms. The predicted octanol–water partition coefficient (Wildman–Crippen LogP) is 7.20. The Morgan fingerprint density at radius 1 is 0.562 bits per heavy atom. The molecule has 0 unspecified atom stereocenters. The molecule has 8 aromatic rings. The molecule has 0 spiro atoms. The number of thiophene rings is 2. The van der Waals surface area contributed by atoms with Crippen LogP contribution in [-0.4, -0.2) is 8.80 Å². The first-order valence-corrected chi connectivity index (χ1v) is 13.0. The summed E-state index contributed by atoms with van der Waals surface area (Å²) in [5, 5.41) is 5.05. The van der Waals surface area contributed by atoms with Crippen LogP contribution in [0.5, 0.6) is 0 Å². The molecule has 0 radical (unpaired) electrons. The molecule has 8 rings (SSSR count). The van der Waals surface area contributed by atoms with Gasteiger partial charge in [0.15, 0.2) is 0 Å². The molecular weight excluding hydrogens is 572 g/mol. The van der Waals surface area contributed by atoms with Gasteiger partial charge in [-0.2, -0.15) is 0 Å². The maximum atomic E-state index is 13.6. The molecule has 0 fully saturated rings. The minimum Gasteiger partial charge on any atom is -0.275 e. The summed E-state index contributed by atoms with van der Waals surface area (Å²) < 4.78 is 7.73. The molecule has 0 bridgehead atoms. The van der Waals surface area contributed by atoms with Crippen LogP contribution in [0.3, 0.4) is 0 Å². The van der Waals surface area contributed by atoms with Gasteiger partial charge in [-0.05, 0) is 68.3 Å². The normalized spacial score (nSPS) is 12.9. The largest absolute Gasteiger partial charge is 0.275 e. The molecule has 152 valence electrons. The molecule has 0 saturated carbocycles. The summed E-state index contributed by atoms with van der Waals surface area (Å²) in [6.07, 6.45) is 0. The molecule has 0 aliphatic rings. The highest BCUT2D eigenvalue weighted by atomic mass is 79.9. The fraction of sp³-hybridized carbons (Fsp3) is 0. The summed E-state index contributed by atoms with van der Waals surface area (Å²) in [5.41, 5.74) is 3.51. The van der Waals surface area contributed by atoms with Gasteiger partial charge in [-0.3, -0.25) is 18.4 Å². The molecule has 0 aliphatic heterocycles. The maximum Gasteiger partial charge on any atom is 0.263 e. The van der Waals surface area contributed by atoms with Gasteiger partial charge in [0.1, 0.15) is 0 Å². The average Bonchev–Trinajstić information content (AvgIpc) is 3.48. The zero-order valence-electron chi connectivity index (χ0n) is 15.9. The Kier molecular flexibility index (Phi) is 3.19. The minimum atomic E-state index is -0.0465. The van der Waals surface area contributed by atoms with Gasteiger partial charge in [0.05, 0.1) is 39.0 Å². The van der Waals surface area contributed by atoms with Gasteiger partial charge in [-0.1, -0.05) is 12.1 Å². The third-order valence-electron chi connectivity index (χ3n) is 6.50. The van der Waals surface area contributed by atoms with Crippen molar-refractivity contribution in [3.63, 3.8) is 0 Å². The van der Waals surface area contributed by atoms with Crippen molar-refractivity contribution < 1.29 is 0 Å². The van der Waals surface area contributed by atoms with E-state index >= 15 is 0 Å². The van der Waals surface area contributed by atoms with E-state index < -0.39 is 0 Å². The van der Waals surface area contributed by atoms with Crippen LogP contribution in [0, 0.1) is 0 Å². The Labute approximate surface area is 202 Å². The lowest BCUT2D eigenvalue weighted by molar-refractivity contribution is 1.20. The van der Waals surface area contributed by atoms with E-state index in [-0.39, 0.29) is 11.1 Å². The third kappa shape index (κ3) is 1.95. The van der Waals surface area contributed by atoms with Gasteiger partial charge in [-0.25, -0.2) is 0 Å². The SMILES string of the molecule is O=c1c2ccc3c4c(ccc(c24)c2cc4sc(Br)cc4n12)c(=O)n1c2cc(Br)sc2cc31. The number of aromatic nitrogens is 2. The molecule has 2 aromatic carbocycles. The van der Waals surface area contributed by atoms with Crippen molar-refractivity contribution in [3.8, 4) is 0 Å². The van der Waals surface area contributed by atoms with Gasteiger partial charge in [0.2, 0.25) is 0 Å². The molecule has 0 atom stereocenters. The van der Waals surface area contributed by atoms with E-state index in [2.05, 4.69) is 44.0 Å². The molecule has 0 saturated heterocycles. The number of fused-ring (bicyclic) bond motifs is 8. The topological polar surface area (TPSA) is 43.0 Å². The van der Waals surface area contributed by atoms with E-state index in [1.54, 1.807) is 31.5 Å². The van der Waals surface area contributed by atoms with Crippen molar-refractivity contribution in [2.45, 2.75) is 0 Å². The minimum absolute atomic E-state index is 0.0465. The number of halogens is 2. The summed E-state index contributed by atoms with van der Waals surface area (Å²) in [7, 11) is 0. The lowest BCUT2D eigenvalue weighted by Gasteiger charge is -2.13. The van der Waals surface area contributed by atoms with Crippen molar-refractivity contribution in [1.82, 2.24) is 8.80 Å². The van der Waals surface area contributed by atoms with Crippen molar-refractivity contribution in [1.29, 1.82) is 0 Å². The fourth-order valence-corrected chi connectivity index (χ4v) is 8.37. The average molecular weight is 580 g/mol. The quantitative estimate of drug-likeness (QED) is 0.178. The van der Waals surface area contributed by atoms with Gasteiger partial charge < -0.3 is 0 Å². The van der Waals surface area contributed by atoms with E-state index in [0.717, 1.165) is 60.6 Å². The number of benzene rings is 2. The fourth-order valence-electron chi connectivity index (χ4n) is 5.28. The van der Waals surface area contributed by atoms with E-state index in [4.69, 9.17) is 0 Å². The number of hydrogen-bond donors (Lipinski definition) is 0. The summed E-state index contributed by atoms with van der Waals surface area (Å²) in [5.74, 6) is 0. The van der Waals surface area contributed by atoms with E-state index in [9.17, 15) is 9.59 Å². The predicted molar refractivity (Wildman–Crippen MR) is 142 cm³/mol. The molecule has 0 N–H and O–H groups in total. The van der Waals surface area contributed by atoms with Gasteiger partial charge >= 0.3 is 0 Å². The zero-order valence-corrected chi connectivity index (χ0v) is 20.7. The summed E-state index contributed by atoms with van der Waals surface area (Å²) in [6.45, 7) is 0. The summed E-state index contributed by atoms with van der Waals surface area (Å²) in [6, 6.07) is 16.0. The van der Waals surface area contributed by atoms with E-state index in [0.29, 0.717) is 10.8 Å². The van der Waals surface area contributed by atoms with Crippen LogP contribution in [-0.2, 0) is 0 Å². The van der Waals surface area contributed by atoms with Crippen molar-refractivity contribution in [3.05, 3.63) is 76.8 Å². The molecular formula is C24H8Br2N2O2S2. The van der Waals surface area contributed by atoms with Gasteiger partial charge in [0, 0.05) is 32.3 Å². The first-order valence-electron chi connectivity index (χ1n) is 9.83. The first kappa shape index (κ1) is 18.0. The molecule has 6 aromatic heterocycles. The number of rotatable bonds is 0. The van der Waals surface area contributed by atoms with Crippen LogP contribution in [0.15, 0.2) is 65.7 Å². The second-order valence-electron chi connectivity index (χ2n) is 8.01. The lowest BCUT2D eigenvalue weighted by Crippen LogP contribution is -2.16. The van der Waals surface area contributed by atoms with Crippen LogP contribution in [0.4, 0.5) is 0 Å². The number of nitrogens with zero attached hydrogens (tertiary/aromatic N) is 2. The highest BCUT2D eigenvalue weighted by Crippen LogP contribution is 2.41. The van der Waals surface area contributed by atoms with Crippen molar-refractivity contribution >= 4 is 118 Å². The van der Waals surface area contributed by atoms with Gasteiger partial charge in [-0.15, -0.1) is 22.7 Å². The monoisotopic (exact) mass is 578 g/mol. The third-order valence-corrected chi connectivity index (χ3v) is 9.65. The smallest absolute Gasteiger partial charge is 0.263 e. The Morgan fingerprint density at radius 2 is 0.969 bits per heavy atom. The Balaban J connectivity index is 1.71. The number of hydrogen-bond acceptors (Lipinski definition) is 4. The lowest BCUT2D eigenvalue weighted by atomic mass is 9.95. The Hall–Kier alpha value is -2.52. The maximum absolute atomic E-state index is 13.6. The second-order valence-corrected chi connectivity index (χ2v) is 12.9. The standard InChI is InChI=1S/C24H8Br2N2O2S2/c25-19-7-15-17(31-19)5-13-9-1-3-11-22-10(2-4-12(21(9)22)24(30)27(13)15)14-6-18-16(8-20(26)32-18)28(14)23(11)29/h1-8H. The molecule has 0 amide bonds. The zero-order chi connectivity index (χ0) is 21.5. The van der Waals surface area contributed by atoms with E-state index in [1.165, 1.54) is 0 Å². The second kappa shape index (κ2) is 5.69. The molecule has 4 nitrogen and oxygen atoms in total. The first-order chi connectivity index (χ1) is 15.5. The van der Waals surface area contributed by atoms with Crippen LogP contribution >= 0.6 is 54.5 Å². The van der Waals surface area contributed by atoms with Gasteiger partial charge in [0.25, 0.3) is 11.1 Å². The van der Waals surface area contributed by atoms with E-state index in [1.807, 2.05) is 36.4 Å². The highest BCUT2D eigenvalue weighted by Gasteiger charge is 2.22. The highest BCUT2D eigenvalue weighted by molar-refractivity contribution is 9.11. The van der Waals surface area contributed by atoms with Crippen molar-refractivity contribution in [2.75, 3.05) is 0 Å². The van der Waals surface area contributed by atoms with Crippen LogP contribution < -0.4 is 11.1 Å². The van der Waals surface area contributed by atoms with Crippen LogP contribution in [0.2, 0.25) is 0 Å². The number of pyridine rings is 2. The van der Waals surface area contributed by atoms with Crippen LogP contribution in [0.1, 0.15) is 0 Å². The van der Waals surface area contributed by atoms with Crippen LogP contribution in [0.25, 0.3) is 63.8 Å². The molecule has 32 heavy (non-hydrogen) atoms. The summed E-state index contributed by atoms with van der Waals surface area (Å²) >= 11 is 10.3. The summed E-state index contributed by atoms with van der Waals surface area (Å²) in [4.78, 5) is 27.3. The molecule has 0 aliphatic carbocycles. The Morgan fingerprint density at radius 3 is 1.41 bits per heavy atom. The van der Waals surface area contributed by atoms with Crippen molar-refractivity contribution in [2.24, 2.45) is 0 Å².